The number of aliphatic hydroxyl groups excluding tert-OH is 2. The van der Waals surface area contributed by atoms with Gasteiger partial charge in [-0.2, -0.15) is 0 Å². The van der Waals surface area contributed by atoms with Crippen molar-refractivity contribution in [2.75, 3.05) is 6.54 Å². The summed E-state index contributed by atoms with van der Waals surface area (Å²) in [6.45, 7) is 4.51. The van der Waals surface area contributed by atoms with Crippen LogP contribution in [0.5, 0.6) is 0 Å². The zero-order chi connectivity index (χ0) is 19.4. The number of carboxylic acids is 1. The lowest BCUT2D eigenvalue weighted by Crippen LogP contribution is -2.39. The van der Waals surface area contributed by atoms with Crippen molar-refractivity contribution in [1.29, 1.82) is 0 Å². The van der Waals surface area contributed by atoms with E-state index in [0.29, 0.717) is 0 Å². The molecule has 10 heteroatoms. The van der Waals surface area contributed by atoms with Crippen LogP contribution >= 0.6 is 0 Å². The number of aromatic carboxylic acids is 1. The Hall–Kier alpha value is -2.72. The zero-order valence-corrected chi connectivity index (χ0v) is 13.9. The Labute approximate surface area is 143 Å². The quantitative estimate of drug-likeness (QED) is 0.437. The lowest BCUT2D eigenvalue weighted by molar-refractivity contribution is -0.386. The summed E-state index contributed by atoms with van der Waals surface area (Å²) < 4.78 is 4.96. The van der Waals surface area contributed by atoms with Crippen LogP contribution in [-0.2, 0) is 4.74 Å². The molecule has 0 spiro atoms. The Morgan fingerprint density at radius 3 is 2.40 bits per heavy atom. The number of nitro groups is 1. The average Bonchev–Trinajstić information content (AvgIpc) is 2.49. The van der Waals surface area contributed by atoms with Gasteiger partial charge in [0, 0.05) is 12.6 Å². The van der Waals surface area contributed by atoms with Crippen molar-refractivity contribution in [3.05, 3.63) is 39.4 Å². The van der Waals surface area contributed by atoms with Gasteiger partial charge in [0.2, 0.25) is 0 Å². The van der Waals surface area contributed by atoms with Crippen molar-refractivity contribution in [3.8, 4) is 0 Å². The highest BCUT2D eigenvalue weighted by Gasteiger charge is 2.28. The minimum Gasteiger partial charge on any atom is -0.478 e. The summed E-state index contributed by atoms with van der Waals surface area (Å²) in [5.74, 6) is -1.36. The maximum absolute atomic E-state index is 11.5. The van der Waals surface area contributed by atoms with Crippen LogP contribution in [0.4, 0.5) is 10.5 Å². The van der Waals surface area contributed by atoms with Gasteiger partial charge in [-0.3, -0.25) is 10.1 Å². The summed E-state index contributed by atoms with van der Waals surface area (Å²) in [6, 6.07) is 2.90. The fourth-order valence-electron chi connectivity index (χ4n) is 1.91. The molecule has 0 heterocycles. The number of amides is 1. The van der Waals surface area contributed by atoms with E-state index >= 15 is 0 Å². The summed E-state index contributed by atoms with van der Waals surface area (Å²) in [4.78, 5) is 32.6. The highest BCUT2D eigenvalue weighted by molar-refractivity contribution is 5.88. The number of nitrogens with one attached hydrogen (secondary N) is 1. The van der Waals surface area contributed by atoms with Crippen LogP contribution in [0.2, 0.25) is 0 Å². The van der Waals surface area contributed by atoms with Gasteiger partial charge in [-0.1, -0.05) is 0 Å². The fraction of sp³-hybridized carbons (Fsp3) is 0.467. The normalized spacial score (nSPS) is 13.6. The maximum atomic E-state index is 11.5. The number of rotatable bonds is 6. The Morgan fingerprint density at radius 2 is 1.92 bits per heavy atom. The van der Waals surface area contributed by atoms with E-state index in [9.17, 15) is 29.9 Å². The van der Waals surface area contributed by atoms with Gasteiger partial charge >= 0.3 is 12.1 Å². The summed E-state index contributed by atoms with van der Waals surface area (Å²) in [5, 5.41) is 42.2. The number of hydrogen-bond acceptors (Lipinski definition) is 7. The van der Waals surface area contributed by atoms with Crippen LogP contribution in [0.25, 0.3) is 0 Å². The molecule has 138 valence electrons. The first kappa shape index (κ1) is 20.3. The SMILES string of the molecule is CC(C)(C)OC(=O)NCC(O)C(O)c1ccc(C(=O)O)cc1[N+](=O)[O-]. The molecule has 25 heavy (non-hydrogen) atoms. The van der Waals surface area contributed by atoms with Gasteiger partial charge in [0.05, 0.1) is 16.1 Å². The van der Waals surface area contributed by atoms with Crippen LogP contribution in [-0.4, -0.2) is 50.6 Å². The lowest BCUT2D eigenvalue weighted by atomic mass is 10.0. The molecular formula is C15H20N2O8. The fourth-order valence-corrected chi connectivity index (χ4v) is 1.91. The molecule has 2 unspecified atom stereocenters. The molecule has 1 amide bonds. The highest BCUT2D eigenvalue weighted by atomic mass is 16.6. The summed E-state index contributed by atoms with van der Waals surface area (Å²) in [7, 11) is 0. The van der Waals surface area contributed by atoms with Crippen molar-refractivity contribution in [2.45, 2.75) is 38.6 Å². The second-order valence-corrected chi connectivity index (χ2v) is 6.23. The van der Waals surface area contributed by atoms with Gasteiger partial charge < -0.3 is 25.4 Å². The third-order valence-electron chi connectivity index (χ3n) is 3.01. The molecule has 2 atom stereocenters. The van der Waals surface area contributed by atoms with Crippen LogP contribution < -0.4 is 5.32 Å². The molecule has 0 radical (unpaired) electrons. The van der Waals surface area contributed by atoms with Crippen LogP contribution in [0.15, 0.2) is 18.2 Å². The first-order valence-corrected chi connectivity index (χ1v) is 7.27. The Kier molecular flexibility index (Phi) is 6.42. The van der Waals surface area contributed by atoms with E-state index in [1.54, 1.807) is 20.8 Å². The Balaban J connectivity index is 2.88. The Bertz CT molecular complexity index is 668. The number of ether oxygens (including phenoxy) is 1. The van der Waals surface area contributed by atoms with Gasteiger partial charge in [0.1, 0.15) is 17.8 Å². The van der Waals surface area contributed by atoms with Crippen molar-refractivity contribution in [2.24, 2.45) is 0 Å². The molecule has 0 aliphatic carbocycles. The second-order valence-electron chi connectivity index (χ2n) is 6.23. The summed E-state index contributed by atoms with van der Waals surface area (Å²) in [5.41, 5.74) is -2.00. The predicted molar refractivity (Wildman–Crippen MR) is 85.3 cm³/mol. The van der Waals surface area contributed by atoms with E-state index in [1.807, 2.05) is 0 Å². The number of carbonyl (C=O) groups excluding carboxylic acids is 1. The number of aliphatic hydroxyl groups is 2. The molecule has 0 aromatic heterocycles. The summed E-state index contributed by atoms with van der Waals surface area (Å²) >= 11 is 0. The first-order valence-electron chi connectivity index (χ1n) is 7.27. The van der Waals surface area contributed by atoms with E-state index < -0.39 is 47.0 Å². The highest BCUT2D eigenvalue weighted by Crippen LogP contribution is 2.28. The third kappa shape index (κ3) is 6.01. The topological polar surface area (TPSA) is 159 Å². The number of benzene rings is 1. The van der Waals surface area contributed by atoms with Gasteiger partial charge in [-0.05, 0) is 32.9 Å². The second kappa shape index (κ2) is 7.90. The van der Waals surface area contributed by atoms with E-state index in [0.717, 1.165) is 18.2 Å². The molecule has 0 aliphatic rings. The van der Waals surface area contributed by atoms with E-state index in [4.69, 9.17) is 9.84 Å². The predicted octanol–water partition coefficient (Wildman–Crippen LogP) is 1.21. The molecule has 0 bridgehead atoms. The van der Waals surface area contributed by atoms with E-state index in [2.05, 4.69) is 5.32 Å². The minimum absolute atomic E-state index is 0.270. The standard InChI is InChI=1S/C15H20N2O8/c1-15(2,3)25-14(22)16-7-11(18)12(19)9-5-4-8(13(20)21)6-10(9)17(23)24/h4-6,11-12,18-19H,7H2,1-3H3,(H,16,22)(H,20,21). The van der Waals surface area contributed by atoms with E-state index in [1.165, 1.54) is 0 Å². The molecule has 1 aromatic carbocycles. The summed E-state index contributed by atoms with van der Waals surface area (Å²) in [6.07, 6.45) is -4.10. The molecule has 0 fully saturated rings. The van der Waals surface area contributed by atoms with E-state index in [-0.39, 0.29) is 11.1 Å². The van der Waals surface area contributed by atoms with Crippen molar-refractivity contribution in [3.63, 3.8) is 0 Å². The molecule has 4 N–H and O–H groups in total. The van der Waals surface area contributed by atoms with Gasteiger partial charge in [-0.25, -0.2) is 9.59 Å². The monoisotopic (exact) mass is 356 g/mol. The first-order chi connectivity index (χ1) is 11.4. The van der Waals surface area contributed by atoms with Gasteiger partial charge in [0.25, 0.3) is 5.69 Å². The van der Waals surface area contributed by atoms with Crippen molar-refractivity contribution < 1.29 is 34.6 Å². The molecular weight excluding hydrogens is 336 g/mol. The van der Waals surface area contributed by atoms with Crippen LogP contribution in [0.3, 0.4) is 0 Å². The maximum Gasteiger partial charge on any atom is 0.407 e. The number of nitrogens with zero attached hydrogens (tertiary/aromatic N) is 1. The Morgan fingerprint density at radius 1 is 1.32 bits per heavy atom. The molecule has 10 nitrogen and oxygen atoms in total. The number of carbonyl (C=O) groups is 2. The molecule has 0 saturated carbocycles. The number of carboxylic acid groups (broad SMARTS) is 1. The van der Waals surface area contributed by atoms with Crippen molar-refractivity contribution in [1.82, 2.24) is 5.32 Å². The minimum atomic E-state index is -1.71. The molecule has 1 rings (SSSR count). The van der Waals surface area contributed by atoms with Gasteiger partial charge in [0.15, 0.2) is 0 Å². The number of hydrogen-bond donors (Lipinski definition) is 4. The van der Waals surface area contributed by atoms with Crippen LogP contribution in [0.1, 0.15) is 42.8 Å². The van der Waals surface area contributed by atoms with Gasteiger partial charge in [-0.15, -0.1) is 0 Å². The third-order valence-corrected chi connectivity index (χ3v) is 3.01. The van der Waals surface area contributed by atoms with Crippen molar-refractivity contribution >= 4 is 17.7 Å². The average molecular weight is 356 g/mol. The van der Waals surface area contributed by atoms with Crippen LogP contribution in [0, 0.1) is 10.1 Å². The number of nitro benzene ring substituents is 1. The largest absolute Gasteiger partial charge is 0.478 e. The molecule has 1 aromatic rings. The lowest BCUT2D eigenvalue weighted by Gasteiger charge is -2.22. The number of alkyl carbamates (subject to hydrolysis) is 1. The zero-order valence-electron chi connectivity index (χ0n) is 13.9. The smallest absolute Gasteiger partial charge is 0.407 e. The molecule has 0 saturated heterocycles. The molecule has 0 aliphatic heterocycles.